The summed E-state index contributed by atoms with van der Waals surface area (Å²) in [4.78, 5) is 26.8. The Kier molecular flexibility index (Phi) is 5.29. The van der Waals surface area contributed by atoms with Crippen molar-refractivity contribution >= 4 is 23.1 Å². The maximum Gasteiger partial charge on any atom is 0.253 e. The highest BCUT2D eigenvalue weighted by Gasteiger charge is 2.27. The van der Waals surface area contributed by atoms with Crippen molar-refractivity contribution in [1.29, 1.82) is 0 Å². The number of benzene rings is 1. The number of nitrogens with zero attached hydrogens (tertiary/aromatic N) is 4. The number of likely N-dealkylation sites (tertiary alicyclic amines) is 1. The minimum absolute atomic E-state index is 0.00445. The van der Waals surface area contributed by atoms with E-state index in [9.17, 15) is 9.59 Å². The van der Waals surface area contributed by atoms with Crippen molar-refractivity contribution in [3.8, 4) is 0 Å². The quantitative estimate of drug-likeness (QED) is 0.740. The molecule has 0 bridgehead atoms. The van der Waals surface area contributed by atoms with Crippen LogP contribution in [0.1, 0.15) is 48.8 Å². The summed E-state index contributed by atoms with van der Waals surface area (Å²) in [6, 6.07) is 13.0. The second kappa shape index (κ2) is 8.03. The Morgan fingerprint density at radius 1 is 1.07 bits per heavy atom. The number of carbonyl (C=O) groups excluding carboxylic acids is 2. The third-order valence-electron chi connectivity index (χ3n) is 5.39. The van der Waals surface area contributed by atoms with Crippen molar-refractivity contribution in [3.05, 3.63) is 60.0 Å². The summed E-state index contributed by atoms with van der Waals surface area (Å²) >= 11 is 0. The summed E-state index contributed by atoms with van der Waals surface area (Å²) < 4.78 is 2.03. The van der Waals surface area contributed by atoms with Gasteiger partial charge >= 0.3 is 0 Å². The van der Waals surface area contributed by atoms with Crippen molar-refractivity contribution in [2.24, 2.45) is 5.92 Å². The summed E-state index contributed by atoms with van der Waals surface area (Å²) in [5.74, 6) is 1.08. The molecule has 0 saturated carbocycles. The first kappa shape index (κ1) is 19.1. The number of hydrogen-bond acceptors (Lipinski definition) is 4. The standard InChI is InChI=1S/C22H25N5O2/c1-15(2)21(28)23-18-7-5-6-17(14-18)22(29)26-12-9-16(10-13-26)20-25-24-19-8-3-4-11-27(19)20/h3-8,11,14-16H,9-10,12-13H2,1-2H3,(H,23,28). The number of piperidine rings is 1. The van der Waals surface area contributed by atoms with Gasteiger partial charge in [0.05, 0.1) is 0 Å². The minimum Gasteiger partial charge on any atom is -0.339 e. The van der Waals surface area contributed by atoms with Gasteiger partial charge in [-0.3, -0.25) is 14.0 Å². The van der Waals surface area contributed by atoms with Crippen molar-refractivity contribution < 1.29 is 9.59 Å². The molecule has 0 atom stereocenters. The molecule has 1 aliphatic heterocycles. The molecular formula is C22H25N5O2. The van der Waals surface area contributed by atoms with E-state index >= 15 is 0 Å². The Balaban J connectivity index is 1.42. The number of rotatable bonds is 4. The molecule has 1 aliphatic rings. The number of fused-ring (bicyclic) bond motifs is 1. The number of pyridine rings is 1. The van der Waals surface area contributed by atoms with E-state index in [0.29, 0.717) is 24.3 Å². The maximum absolute atomic E-state index is 13.0. The highest BCUT2D eigenvalue weighted by Crippen LogP contribution is 2.28. The normalized spacial score (nSPS) is 15.1. The van der Waals surface area contributed by atoms with E-state index in [1.54, 1.807) is 24.3 Å². The van der Waals surface area contributed by atoms with Gasteiger partial charge in [0, 0.05) is 42.4 Å². The van der Waals surface area contributed by atoms with Crippen molar-refractivity contribution in [1.82, 2.24) is 19.5 Å². The zero-order valence-electron chi connectivity index (χ0n) is 16.7. The predicted octanol–water partition coefficient (Wildman–Crippen LogP) is 3.34. The molecule has 150 valence electrons. The van der Waals surface area contributed by atoms with Crippen LogP contribution < -0.4 is 5.32 Å². The van der Waals surface area contributed by atoms with E-state index in [0.717, 1.165) is 24.3 Å². The molecule has 0 radical (unpaired) electrons. The van der Waals surface area contributed by atoms with Gasteiger partial charge in [-0.2, -0.15) is 0 Å². The molecule has 3 aromatic rings. The molecule has 0 aliphatic carbocycles. The van der Waals surface area contributed by atoms with Crippen LogP contribution in [0.3, 0.4) is 0 Å². The van der Waals surface area contributed by atoms with Crippen LogP contribution in [0.25, 0.3) is 5.65 Å². The Labute approximate surface area is 169 Å². The van der Waals surface area contributed by atoms with Crippen LogP contribution in [-0.2, 0) is 4.79 Å². The number of anilines is 1. The molecular weight excluding hydrogens is 366 g/mol. The van der Waals surface area contributed by atoms with E-state index < -0.39 is 0 Å². The van der Waals surface area contributed by atoms with E-state index in [-0.39, 0.29) is 23.7 Å². The Morgan fingerprint density at radius 2 is 1.86 bits per heavy atom. The largest absolute Gasteiger partial charge is 0.339 e. The van der Waals surface area contributed by atoms with Gasteiger partial charge in [-0.25, -0.2) is 0 Å². The number of aromatic nitrogens is 3. The monoisotopic (exact) mass is 391 g/mol. The van der Waals surface area contributed by atoms with Gasteiger partial charge in [0.2, 0.25) is 5.91 Å². The van der Waals surface area contributed by atoms with Crippen LogP contribution in [0.4, 0.5) is 5.69 Å². The summed E-state index contributed by atoms with van der Waals surface area (Å²) in [5, 5.41) is 11.5. The first-order valence-corrected chi connectivity index (χ1v) is 10.0. The third-order valence-corrected chi connectivity index (χ3v) is 5.39. The lowest BCUT2D eigenvalue weighted by atomic mass is 9.95. The van der Waals surface area contributed by atoms with Crippen molar-refractivity contribution in [2.45, 2.75) is 32.6 Å². The topological polar surface area (TPSA) is 79.6 Å². The van der Waals surface area contributed by atoms with Crippen LogP contribution in [-0.4, -0.2) is 44.4 Å². The number of hydrogen-bond donors (Lipinski definition) is 1. The van der Waals surface area contributed by atoms with Gasteiger partial charge in [-0.05, 0) is 43.2 Å². The second-order valence-electron chi connectivity index (χ2n) is 7.78. The number of carbonyl (C=O) groups is 2. The highest BCUT2D eigenvalue weighted by atomic mass is 16.2. The van der Waals surface area contributed by atoms with Crippen LogP contribution in [0.5, 0.6) is 0 Å². The highest BCUT2D eigenvalue weighted by molar-refractivity contribution is 5.97. The lowest BCUT2D eigenvalue weighted by Crippen LogP contribution is -2.38. The average molecular weight is 391 g/mol. The lowest BCUT2D eigenvalue weighted by Gasteiger charge is -2.31. The smallest absolute Gasteiger partial charge is 0.253 e. The molecule has 1 aromatic carbocycles. The van der Waals surface area contributed by atoms with Gasteiger partial charge in [0.1, 0.15) is 5.82 Å². The molecule has 3 heterocycles. The van der Waals surface area contributed by atoms with Crippen LogP contribution in [0, 0.1) is 5.92 Å². The first-order chi connectivity index (χ1) is 14.0. The van der Waals surface area contributed by atoms with Crippen molar-refractivity contribution in [2.75, 3.05) is 18.4 Å². The predicted molar refractivity (Wildman–Crippen MR) is 111 cm³/mol. The molecule has 4 rings (SSSR count). The number of nitrogens with one attached hydrogen (secondary N) is 1. The summed E-state index contributed by atoms with van der Waals surface area (Å²) in [6.07, 6.45) is 3.69. The van der Waals surface area contributed by atoms with Gasteiger partial charge < -0.3 is 10.2 Å². The first-order valence-electron chi connectivity index (χ1n) is 10.0. The average Bonchev–Trinajstić information content (AvgIpc) is 3.17. The molecule has 7 heteroatoms. The summed E-state index contributed by atoms with van der Waals surface area (Å²) in [7, 11) is 0. The molecule has 2 amide bonds. The van der Waals surface area contributed by atoms with E-state index in [1.165, 1.54) is 0 Å². The minimum atomic E-state index is -0.110. The lowest BCUT2D eigenvalue weighted by molar-refractivity contribution is -0.118. The van der Waals surface area contributed by atoms with Gasteiger partial charge in [0.15, 0.2) is 5.65 Å². The van der Waals surface area contributed by atoms with E-state index in [4.69, 9.17) is 0 Å². The fraction of sp³-hybridized carbons (Fsp3) is 0.364. The van der Waals surface area contributed by atoms with E-state index in [2.05, 4.69) is 15.5 Å². The van der Waals surface area contributed by atoms with Gasteiger partial charge in [-0.15, -0.1) is 10.2 Å². The Bertz CT molecular complexity index is 1030. The maximum atomic E-state index is 13.0. The summed E-state index contributed by atoms with van der Waals surface area (Å²) in [6.45, 7) is 5.03. The van der Waals surface area contributed by atoms with Crippen LogP contribution in [0.2, 0.25) is 0 Å². The fourth-order valence-electron chi connectivity index (χ4n) is 3.68. The third kappa shape index (κ3) is 3.99. The molecule has 0 spiro atoms. The van der Waals surface area contributed by atoms with Gasteiger partial charge in [-0.1, -0.05) is 26.0 Å². The van der Waals surface area contributed by atoms with Crippen LogP contribution >= 0.6 is 0 Å². The number of amides is 2. The molecule has 1 saturated heterocycles. The molecule has 1 fully saturated rings. The van der Waals surface area contributed by atoms with Crippen molar-refractivity contribution in [3.63, 3.8) is 0 Å². The van der Waals surface area contributed by atoms with Gasteiger partial charge in [0.25, 0.3) is 5.91 Å². The zero-order valence-corrected chi connectivity index (χ0v) is 16.7. The van der Waals surface area contributed by atoms with Crippen LogP contribution in [0.15, 0.2) is 48.7 Å². The molecule has 7 nitrogen and oxygen atoms in total. The molecule has 1 N–H and O–H groups in total. The Hall–Kier alpha value is -3.22. The summed E-state index contributed by atoms with van der Waals surface area (Å²) in [5.41, 5.74) is 2.10. The fourth-order valence-corrected chi connectivity index (χ4v) is 3.68. The molecule has 2 aromatic heterocycles. The molecule has 0 unspecified atom stereocenters. The zero-order chi connectivity index (χ0) is 20.4. The van der Waals surface area contributed by atoms with E-state index in [1.807, 2.05) is 47.5 Å². The Morgan fingerprint density at radius 3 is 2.62 bits per heavy atom. The SMILES string of the molecule is CC(C)C(=O)Nc1cccc(C(=O)N2CCC(c3nnc4ccccn34)CC2)c1. The second-order valence-corrected chi connectivity index (χ2v) is 7.78. The molecule has 29 heavy (non-hydrogen) atoms.